The van der Waals surface area contributed by atoms with Crippen LogP contribution < -0.4 is 19.5 Å². The summed E-state index contributed by atoms with van der Waals surface area (Å²) in [5.41, 5.74) is 1.41. The lowest BCUT2D eigenvalue weighted by molar-refractivity contribution is -0.112. The van der Waals surface area contributed by atoms with Gasteiger partial charge in [-0.2, -0.15) is 5.26 Å². The number of esters is 1. The maximum absolute atomic E-state index is 12.6. The van der Waals surface area contributed by atoms with E-state index in [1.807, 2.05) is 18.2 Å². The van der Waals surface area contributed by atoms with Crippen LogP contribution in [0.4, 0.5) is 5.69 Å². The Kier molecular flexibility index (Phi) is 8.65. The van der Waals surface area contributed by atoms with Gasteiger partial charge in [0.15, 0.2) is 11.5 Å². The number of carbonyl (C=O) groups is 2. The molecule has 3 rings (SSSR count). The summed E-state index contributed by atoms with van der Waals surface area (Å²) in [5, 5.41) is 12.2. The number of anilines is 1. The largest absolute Gasteiger partial charge is 0.497 e. The molecule has 0 spiro atoms. The van der Waals surface area contributed by atoms with Crippen molar-refractivity contribution in [2.45, 2.75) is 6.92 Å². The zero-order valence-electron chi connectivity index (χ0n) is 18.5. The molecule has 7 nitrogen and oxygen atoms in total. The van der Waals surface area contributed by atoms with Crippen LogP contribution in [-0.4, -0.2) is 25.6 Å². The Morgan fingerprint density at radius 2 is 1.82 bits per heavy atom. The van der Waals surface area contributed by atoms with Crippen LogP contribution in [-0.2, 0) is 4.79 Å². The topological polar surface area (TPSA) is 97.6 Å². The highest BCUT2D eigenvalue weighted by atomic mass is 127. The zero-order chi connectivity index (χ0) is 24.5. The molecule has 0 aliphatic heterocycles. The van der Waals surface area contributed by atoms with E-state index in [1.165, 1.54) is 6.08 Å². The highest BCUT2D eigenvalue weighted by molar-refractivity contribution is 14.1. The molecular formula is C26H21IN2O5. The smallest absolute Gasteiger partial charge is 0.343 e. The van der Waals surface area contributed by atoms with Crippen LogP contribution in [0.2, 0.25) is 0 Å². The van der Waals surface area contributed by atoms with Crippen molar-refractivity contribution in [3.63, 3.8) is 0 Å². The van der Waals surface area contributed by atoms with Gasteiger partial charge in [-0.3, -0.25) is 4.79 Å². The second-order valence-corrected chi connectivity index (χ2v) is 8.14. The lowest BCUT2D eigenvalue weighted by Crippen LogP contribution is -2.13. The highest BCUT2D eigenvalue weighted by Gasteiger charge is 2.15. The van der Waals surface area contributed by atoms with Gasteiger partial charge in [-0.15, -0.1) is 0 Å². The van der Waals surface area contributed by atoms with Crippen LogP contribution >= 0.6 is 22.6 Å². The Labute approximate surface area is 211 Å². The highest BCUT2D eigenvalue weighted by Crippen LogP contribution is 2.30. The standard InChI is InChI=1S/C26H21IN2O5/c1-3-33-24-14-17(13-19(16-28)25(30)29-21-6-4-5-20(27)15-21)7-12-23(24)34-26(31)18-8-10-22(32-2)11-9-18/h4-15H,3H2,1-2H3,(H,29,30)/b19-13+. The predicted octanol–water partition coefficient (Wildman–Crippen LogP) is 5.46. The van der Waals surface area contributed by atoms with Crippen LogP contribution in [0.15, 0.2) is 72.3 Å². The first-order valence-corrected chi connectivity index (χ1v) is 11.3. The van der Waals surface area contributed by atoms with Gasteiger partial charge in [-0.1, -0.05) is 12.1 Å². The molecule has 3 aromatic carbocycles. The van der Waals surface area contributed by atoms with E-state index < -0.39 is 11.9 Å². The van der Waals surface area contributed by atoms with Gasteiger partial charge < -0.3 is 19.5 Å². The van der Waals surface area contributed by atoms with E-state index in [1.54, 1.807) is 68.6 Å². The minimum Gasteiger partial charge on any atom is -0.497 e. The van der Waals surface area contributed by atoms with Crippen LogP contribution in [0, 0.1) is 14.9 Å². The van der Waals surface area contributed by atoms with Crippen molar-refractivity contribution in [3.05, 3.63) is 87.0 Å². The van der Waals surface area contributed by atoms with Crippen molar-refractivity contribution in [2.75, 3.05) is 19.0 Å². The van der Waals surface area contributed by atoms with E-state index in [9.17, 15) is 14.9 Å². The third-order valence-electron chi connectivity index (χ3n) is 4.55. The lowest BCUT2D eigenvalue weighted by atomic mass is 10.1. The molecule has 0 aromatic heterocycles. The Hall–Kier alpha value is -3.84. The number of methoxy groups -OCH3 is 1. The molecule has 0 aliphatic carbocycles. The molecule has 3 aromatic rings. The second-order valence-electron chi connectivity index (χ2n) is 6.89. The van der Waals surface area contributed by atoms with Gasteiger partial charge in [0.25, 0.3) is 5.91 Å². The number of hydrogen-bond donors (Lipinski definition) is 1. The maximum Gasteiger partial charge on any atom is 0.343 e. The molecule has 1 N–H and O–H groups in total. The van der Waals surface area contributed by atoms with Crippen LogP contribution in [0.1, 0.15) is 22.8 Å². The number of halogens is 1. The number of nitrogens with zero attached hydrogens (tertiary/aromatic N) is 1. The van der Waals surface area contributed by atoms with E-state index in [0.717, 1.165) is 3.57 Å². The monoisotopic (exact) mass is 568 g/mol. The molecule has 0 bridgehead atoms. The molecule has 0 radical (unpaired) electrons. The van der Waals surface area contributed by atoms with Crippen molar-refractivity contribution in [1.29, 1.82) is 5.26 Å². The summed E-state index contributed by atoms with van der Waals surface area (Å²) >= 11 is 2.14. The molecule has 0 fully saturated rings. The minimum absolute atomic E-state index is 0.0794. The fourth-order valence-corrected chi connectivity index (χ4v) is 3.48. The van der Waals surface area contributed by atoms with E-state index in [4.69, 9.17) is 14.2 Å². The van der Waals surface area contributed by atoms with E-state index in [-0.39, 0.29) is 11.3 Å². The fraction of sp³-hybridized carbons (Fsp3) is 0.115. The molecule has 0 saturated heterocycles. The van der Waals surface area contributed by atoms with Crippen LogP contribution in [0.5, 0.6) is 17.2 Å². The van der Waals surface area contributed by atoms with Crippen molar-refractivity contribution in [1.82, 2.24) is 0 Å². The Morgan fingerprint density at radius 1 is 1.06 bits per heavy atom. The lowest BCUT2D eigenvalue weighted by Gasteiger charge is -2.12. The average molecular weight is 568 g/mol. The Bertz CT molecular complexity index is 1260. The number of nitriles is 1. The molecule has 1 amide bonds. The van der Waals surface area contributed by atoms with Gasteiger partial charge in [0.2, 0.25) is 0 Å². The van der Waals surface area contributed by atoms with Crippen molar-refractivity contribution < 1.29 is 23.8 Å². The second kappa shape index (κ2) is 11.9. The Morgan fingerprint density at radius 3 is 2.47 bits per heavy atom. The number of nitrogens with one attached hydrogen (secondary N) is 1. The number of hydrogen-bond acceptors (Lipinski definition) is 6. The molecule has 0 unspecified atom stereocenters. The first-order valence-electron chi connectivity index (χ1n) is 10.2. The first kappa shape index (κ1) is 24.8. The normalized spacial score (nSPS) is 10.7. The molecule has 0 atom stereocenters. The molecule has 172 valence electrons. The average Bonchev–Trinajstić information content (AvgIpc) is 2.84. The summed E-state index contributed by atoms with van der Waals surface area (Å²) in [6.07, 6.45) is 1.45. The van der Waals surface area contributed by atoms with Crippen LogP contribution in [0.25, 0.3) is 6.08 Å². The fourth-order valence-electron chi connectivity index (χ4n) is 2.93. The molecule has 0 aliphatic rings. The number of benzene rings is 3. The summed E-state index contributed by atoms with van der Waals surface area (Å²) in [6, 6.07) is 20.5. The SMILES string of the molecule is CCOc1cc(/C=C(\C#N)C(=O)Nc2cccc(I)c2)ccc1OC(=O)c1ccc(OC)cc1. The predicted molar refractivity (Wildman–Crippen MR) is 137 cm³/mol. The summed E-state index contributed by atoms with van der Waals surface area (Å²) in [7, 11) is 1.54. The molecule has 0 heterocycles. The third-order valence-corrected chi connectivity index (χ3v) is 5.23. The Balaban J connectivity index is 1.81. The van der Waals surface area contributed by atoms with E-state index in [2.05, 4.69) is 27.9 Å². The molecule has 34 heavy (non-hydrogen) atoms. The van der Waals surface area contributed by atoms with Gasteiger partial charge in [-0.25, -0.2) is 4.79 Å². The molecule has 8 heteroatoms. The summed E-state index contributed by atoms with van der Waals surface area (Å²) in [6.45, 7) is 2.13. The number of amides is 1. The summed E-state index contributed by atoms with van der Waals surface area (Å²) in [4.78, 5) is 25.1. The quantitative estimate of drug-likeness (QED) is 0.127. The molecular weight excluding hydrogens is 547 g/mol. The van der Waals surface area contributed by atoms with Crippen molar-refractivity contribution in [3.8, 4) is 23.3 Å². The number of carbonyl (C=O) groups excluding carboxylic acids is 2. The summed E-state index contributed by atoms with van der Waals surface area (Å²) < 4.78 is 17.2. The van der Waals surface area contributed by atoms with Gasteiger partial charge in [0, 0.05) is 9.26 Å². The van der Waals surface area contributed by atoms with Gasteiger partial charge in [0.05, 0.1) is 19.3 Å². The first-order chi connectivity index (χ1) is 16.4. The van der Waals surface area contributed by atoms with E-state index >= 15 is 0 Å². The van der Waals surface area contributed by atoms with Gasteiger partial charge in [0.1, 0.15) is 17.4 Å². The minimum atomic E-state index is -0.554. The number of ether oxygens (including phenoxy) is 3. The zero-order valence-corrected chi connectivity index (χ0v) is 20.7. The van der Waals surface area contributed by atoms with Crippen LogP contribution in [0.3, 0.4) is 0 Å². The number of rotatable bonds is 8. The van der Waals surface area contributed by atoms with Gasteiger partial charge in [-0.05, 0) is 95.8 Å². The van der Waals surface area contributed by atoms with Crippen molar-refractivity contribution in [2.24, 2.45) is 0 Å². The van der Waals surface area contributed by atoms with Crippen molar-refractivity contribution >= 4 is 46.2 Å². The summed E-state index contributed by atoms with van der Waals surface area (Å²) in [5.74, 6) is 0.0797. The van der Waals surface area contributed by atoms with E-state index in [0.29, 0.717) is 34.9 Å². The molecule has 0 saturated carbocycles. The maximum atomic E-state index is 12.6. The third kappa shape index (κ3) is 6.59. The van der Waals surface area contributed by atoms with Gasteiger partial charge >= 0.3 is 5.97 Å².